The van der Waals surface area contributed by atoms with Gasteiger partial charge >= 0.3 is 6.03 Å². The van der Waals surface area contributed by atoms with Crippen molar-refractivity contribution >= 4 is 11.7 Å². The van der Waals surface area contributed by atoms with Crippen molar-refractivity contribution < 1.29 is 4.79 Å². The second-order valence-electron chi connectivity index (χ2n) is 5.47. The molecule has 0 unspecified atom stereocenters. The predicted octanol–water partition coefficient (Wildman–Crippen LogP) is 3.10. The van der Waals surface area contributed by atoms with E-state index in [9.17, 15) is 4.79 Å². The molecule has 0 atom stereocenters. The number of benzene rings is 1. The van der Waals surface area contributed by atoms with Gasteiger partial charge in [-0.25, -0.2) is 4.79 Å². The van der Waals surface area contributed by atoms with Crippen molar-refractivity contribution in [3.63, 3.8) is 0 Å². The molecule has 0 spiro atoms. The van der Waals surface area contributed by atoms with Crippen LogP contribution in [0.2, 0.25) is 0 Å². The Morgan fingerprint density at radius 1 is 1.33 bits per heavy atom. The molecule has 0 aliphatic rings. The van der Waals surface area contributed by atoms with Gasteiger partial charge in [-0.3, -0.25) is 4.68 Å². The van der Waals surface area contributed by atoms with E-state index in [0.717, 1.165) is 17.7 Å². The van der Waals surface area contributed by atoms with Crippen LogP contribution in [0.25, 0.3) is 0 Å². The van der Waals surface area contributed by atoms with Crippen LogP contribution in [0.15, 0.2) is 42.7 Å². The van der Waals surface area contributed by atoms with Gasteiger partial charge in [0.1, 0.15) is 0 Å². The molecule has 2 aromatic rings. The van der Waals surface area contributed by atoms with Crippen LogP contribution < -0.4 is 10.6 Å². The third-order valence-electron chi connectivity index (χ3n) is 3.10. The molecule has 21 heavy (non-hydrogen) atoms. The number of nitrogens with one attached hydrogen (secondary N) is 2. The quantitative estimate of drug-likeness (QED) is 0.857. The zero-order valence-electron chi connectivity index (χ0n) is 12.5. The Morgan fingerprint density at radius 2 is 2.19 bits per heavy atom. The van der Waals surface area contributed by atoms with Crippen LogP contribution in [0.3, 0.4) is 0 Å². The molecule has 2 rings (SSSR count). The van der Waals surface area contributed by atoms with Crippen molar-refractivity contribution in [1.29, 1.82) is 0 Å². The average Bonchev–Trinajstić information content (AvgIpc) is 2.91. The highest BCUT2D eigenvalue weighted by Gasteiger charge is 2.03. The lowest BCUT2D eigenvalue weighted by atomic mass is 10.1. The van der Waals surface area contributed by atoms with Crippen LogP contribution in [-0.4, -0.2) is 22.4 Å². The highest BCUT2D eigenvalue weighted by molar-refractivity contribution is 5.89. The zero-order valence-corrected chi connectivity index (χ0v) is 12.5. The standard InChI is InChI=1S/C16H22N4O/c1-13(2)7-9-17-16(21)19-15-6-3-5-14(11-15)12-20-10-4-8-18-20/h3-6,8,10-11,13H,7,9,12H2,1-2H3,(H2,17,19,21). The Labute approximate surface area is 125 Å². The number of rotatable bonds is 6. The number of nitrogens with zero attached hydrogens (tertiary/aromatic N) is 2. The van der Waals surface area contributed by atoms with Crippen molar-refractivity contribution in [2.45, 2.75) is 26.8 Å². The van der Waals surface area contributed by atoms with Gasteiger partial charge < -0.3 is 10.6 Å². The van der Waals surface area contributed by atoms with Crippen molar-refractivity contribution in [1.82, 2.24) is 15.1 Å². The van der Waals surface area contributed by atoms with E-state index >= 15 is 0 Å². The molecule has 0 saturated carbocycles. The zero-order chi connectivity index (χ0) is 15.1. The topological polar surface area (TPSA) is 59.0 Å². The lowest BCUT2D eigenvalue weighted by molar-refractivity contribution is 0.251. The third-order valence-corrected chi connectivity index (χ3v) is 3.10. The van der Waals surface area contributed by atoms with Crippen LogP contribution in [0, 0.1) is 5.92 Å². The molecule has 0 fully saturated rings. The number of hydrogen-bond acceptors (Lipinski definition) is 2. The Bertz CT molecular complexity index is 563. The van der Waals surface area contributed by atoms with Gasteiger partial charge in [0.2, 0.25) is 0 Å². The Hall–Kier alpha value is -2.30. The highest BCUT2D eigenvalue weighted by Crippen LogP contribution is 2.11. The summed E-state index contributed by atoms with van der Waals surface area (Å²) in [6, 6.07) is 9.53. The van der Waals surface area contributed by atoms with Gasteiger partial charge in [-0.15, -0.1) is 0 Å². The molecule has 1 heterocycles. The van der Waals surface area contributed by atoms with Crippen LogP contribution in [0.5, 0.6) is 0 Å². The maximum Gasteiger partial charge on any atom is 0.319 e. The molecule has 5 nitrogen and oxygen atoms in total. The molecule has 0 aliphatic carbocycles. The van der Waals surface area contributed by atoms with Gasteiger partial charge in [0.25, 0.3) is 0 Å². The molecule has 2 amide bonds. The normalized spacial score (nSPS) is 10.6. The fraction of sp³-hybridized carbons (Fsp3) is 0.375. The molecule has 0 radical (unpaired) electrons. The van der Waals surface area contributed by atoms with Crippen LogP contribution >= 0.6 is 0 Å². The maximum absolute atomic E-state index is 11.8. The third kappa shape index (κ3) is 5.30. The lowest BCUT2D eigenvalue weighted by Gasteiger charge is -2.10. The summed E-state index contributed by atoms with van der Waals surface area (Å²) in [5, 5.41) is 9.89. The van der Waals surface area contributed by atoms with E-state index in [1.165, 1.54) is 0 Å². The first kappa shape index (κ1) is 15.1. The van der Waals surface area contributed by atoms with Gasteiger partial charge in [-0.2, -0.15) is 5.10 Å². The summed E-state index contributed by atoms with van der Waals surface area (Å²) >= 11 is 0. The first-order valence-corrected chi connectivity index (χ1v) is 7.24. The van der Waals surface area contributed by atoms with Crippen LogP contribution in [-0.2, 0) is 6.54 Å². The predicted molar refractivity (Wildman–Crippen MR) is 84.2 cm³/mol. The van der Waals surface area contributed by atoms with Crippen molar-refractivity contribution in [2.24, 2.45) is 5.92 Å². The second-order valence-corrected chi connectivity index (χ2v) is 5.47. The molecule has 1 aromatic carbocycles. The number of anilines is 1. The number of carbonyl (C=O) groups is 1. The number of amides is 2. The van der Waals surface area contributed by atoms with Crippen LogP contribution in [0.1, 0.15) is 25.8 Å². The summed E-state index contributed by atoms with van der Waals surface area (Å²) in [7, 11) is 0. The fourth-order valence-electron chi connectivity index (χ4n) is 1.98. The Balaban J connectivity index is 1.87. The van der Waals surface area contributed by atoms with E-state index in [1.54, 1.807) is 6.20 Å². The van der Waals surface area contributed by atoms with Crippen molar-refractivity contribution in [2.75, 3.05) is 11.9 Å². The molecule has 0 bridgehead atoms. The molecule has 2 N–H and O–H groups in total. The number of urea groups is 1. The summed E-state index contributed by atoms with van der Waals surface area (Å²) < 4.78 is 1.85. The number of hydrogen-bond donors (Lipinski definition) is 2. The molecule has 0 aliphatic heterocycles. The summed E-state index contributed by atoms with van der Waals surface area (Å²) in [6.45, 7) is 5.66. The lowest BCUT2D eigenvalue weighted by Crippen LogP contribution is -2.30. The first-order valence-electron chi connectivity index (χ1n) is 7.24. The van der Waals surface area contributed by atoms with Crippen LogP contribution in [0.4, 0.5) is 10.5 Å². The average molecular weight is 286 g/mol. The van der Waals surface area contributed by atoms with Gasteiger partial charge in [0, 0.05) is 24.6 Å². The van der Waals surface area contributed by atoms with Gasteiger partial charge in [0.05, 0.1) is 6.54 Å². The SMILES string of the molecule is CC(C)CCNC(=O)Nc1cccc(Cn2cccn2)c1. The summed E-state index contributed by atoms with van der Waals surface area (Å²) in [5.41, 5.74) is 1.89. The first-order chi connectivity index (χ1) is 10.1. The minimum absolute atomic E-state index is 0.160. The molecular formula is C16H22N4O. The van der Waals surface area contributed by atoms with Crippen molar-refractivity contribution in [3.8, 4) is 0 Å². The summed E-state index contributed by atoms with van der Waals surface area (Å²) in [4.78, 5) is 11.8. The highest BCUT2D eigenvalue weighted by atomic mass is 16.2. The van der Waals surface area contributed by atoms with E-state index in [2.05, 4.69) is 29.6 Å². The number of aromatic nitrogens is 2. The Kier molecular flexibility index (Phi) is 5.37. The van der Waals surface area contributed by atoms with E-state index in [1.807, 2.05) is 41.2 Å². The van der Waals surface area contributed by atoms with Gasteiger partial charge in [0.15, 0.2) is 0 Å². The van der Waals surface area contributed by atoms with E-state index in [-0.39, 0.29) is 6.03 Å². The molecular weight excluding hydrogens is 264 g/mol. The second kappa shape index (κ2) is 7.47. The fourth-order valence-corrected chi connectivity index (χ4v) is 1.98. The molecule has 112 valence electrons. The Morgan fingerprint density at radius 3 is 2.90 bits per heavy atom. The van der Waals surface area contributed by atoms with E-state index < -0.39 is 0 Å². The van der Waals surface area contributed by atoms with Gasteiger partial charge in [-0.05, 0) is 36.1 Å². The monoisotopic (exact) mass is 286 g/mol. The minimum atomic E-state index is -0.160. The van der Waals surface area contributed by atoms with Crippen molar-refractivity contribution in [3.05, 3.63) is 48.3 Å². The summed E-state index contributed by atoms with van der Waals surface area (Å²) in [5.74, 6) is 0.586. The van der Waals surface area contributed by atoms with Gasteiger partial charge in [-0.1, -0.05) is 26.0 Å². The molecule has 5 heteroatoms. The molecule has 1 aromatic heterocycles. The summed E-state index contributed by atoms with van der Waals surface area (Å²) in [6.07, 6.45) is 4.65. The van der Waals surface area contributed by atoms with E-state index in [0.29, 0.717) is 19.0 Å². The smallest absolute Gasteiger partial charge is 0.319 e. The number of carbonyl (C=O) groups excluding carboxylic acids is 1. The molecule has 0 saturated heterocycles. The van der Waals surface area contributed by atoms with E-state index in [4.69, 9.17) is 0 Å². The maximum atomic E-state index is 11.8. The largest absolute Gasteiger partial charge is 0.338 e. The minimum Gasteiger partial charge on any atom is -0.338 e.